The van der Waals surface area contributed by atoms with Crippen LogP contribution >= 0.6 is 33.9 Å². The molecule has 0 fully saturated rings. The first-order valence-corrected chi connectivity index (χ1v) is 10.6. The van der Waals surface area contributed by atoms with Gasteiger partial charge in [-0.1, -0.05) is 12.1 Å². The molecule has 28 heavy (non-hydrogen) atoms. The minimum absolute atomic E-state index is 0.238. The molecule has 2 aromatic rings. The fourth-order valence-electron chi connectivity index (χ4n) is 3.01. The maximum absolute atomic E-state index is 12.8. The van der Waals surface area contributed by atoms with Gasteiger partial charge in [0.2, 0.25) is 0 Å². The molecule has 0 saturated carbocycles. The molecule has 0 saturated heterocycles. The number of rotatable bonds is 4. The van der Waals surface area contributed by atoms with Crippen LogP contribution in [0.25, 0.3) is 0 Å². The highest BCUT2D eigenvalue weighted by Crippen LogP contribution is 2.38. The van der Waals surface area contributed by atoms with Crippen molar-refractivity contribution in [2.45, 2.75) is 19.9 Å². The molecule has 0 aliphatic carbocycles. The second-order valence-corrected chi connectivity index (χ2v) is 8.27. The summed E-state index contributed by atoms with van der Waals surface area (Å²) in [7, 11) is 1.34. The number of carbonyl (C=O) groups excluding carboxylic acids is 3. The zero-order chi connectivity index (χ0) is 20.3. The van der Waals surface area contributed by atoms with Gasteiger partial charge in [0.25, 0.3) is 5.91 Å². The Balaban J connectivity index is 1.95. The number of halogens is 1. The van der Waals surface area contributed by atoms with Gasteiger partial charge in [0.1, 0.15) is 5.00 Å². The Kier molecular flexibility index (Phi) is 6.55. The molecule has 2 heterocycles. The van der Waals surface area contributed by atoms with Crippen molar-refractivity contribution < 1.29 is 23.9 Å². The Hall–Kier alpha value is -2.14. The quantitative estimate of drug-likeness (QED) is 0.494. The SMILES string of the molecule is CCOC(=O)c1c(NC(=O)c2ccccc2I)sc2c1CCN(C(=O)OC)C2. The number of nitrogens with one attached hydrogen (secondary N) is 1. The maximum atomic E-state index is 12.8. The van der Waals surface area contributed by atoms with Crippen LogP contribution in [0.1, 0.15) is 38.1 Å². The number of esters is 1. The van der Waals surface area contributed by atoms with Crippen molar-refractivity contribution in [2.24, 2.45) is 0 Å². The molecule has 9 heteroatoms. The normalized spacial score (nSPS) is 12.9. The fraction of sp³-hybridized carbons (Fsp3) is 0.316. The van der Waals surface area contributed by atoms with Crippen molar-refractivity contribution in [2.75, 3.05) is 25.6 Å². The van der Waals surface area contributed by atoms with E-state index in [2.05, 4.69) is 27.9 Å². The van der Waals surface area contributed by atoms with Gasteiger partial charge < -0.3 is 19.7 Å². The van der Waals surface area contributed by atoms with Gasteiger partial charge in [0.05, 0.1) is 31.4 Å². The van der Waals surface area contributed by atoms with Crippen molar-refractivity contribution >= 4 is 56.9 Å². The van der Waals surface area contributed by atoms with Gasteiger partial charge >= 0.3 is 12.1 Å². The standard InChI is InChI=1S/C19H19IN2O5S/c1-3-27-18(24)15-12-8-9-22(19(25)26-2)10-14(12)28-17(15)21-16(23)11-6-4-5-7-13(11)20/h4-7H,3,8-10H2,1-2H3,(H,21,23). The first kappa shape index (κ1) is 20.6. The molecule has 0 radical (unpaired) electrons. The molecule has 1 aliphatic heterocycles. The van der Waals surface area contributed by atoms with Crippen molar-refractivity contribution in [3.8, 4) is 0 Å². The van der Waals surface area contributed by atoms with Gasteiger partial charge in [0.15, 0.2) is 0 Å². The number of nitrogens with zero attached hydrogens (tertiary/aromatic N) is 1. The summed E-state index contributed by atoms with van der Waals surface area (Å²) in [5.74, 6) is -0.761. The zero-order valence-electron chi connectivity index (χ0n) is 15.4. The molecule has 0 bridgehead atoms. The Morgan fingerprint density at radius 3 is 2.71 bits per heavy atom. The highest BCUT2D eigenvalue weighted by Gasteiger charge is 2.31. The van der Waals surface area contributed by atoms with E-state index < -0.39 is 12.1 Å². The van der Waals surface area contributed by atoms with E-state index >= 15 is 0 Å². The smallest absolute Gasteiger partial charge is 0.409 e. The summed E-state index contributed by atoms with van der Waals surface area (Å²) in [6.07, 6.45) is 0.0783. The second-order valence-electron chi connectivity index (χ2n) is 6.00. The molecule has 2 amide bonds. The third-order valence-electron chi connectivity index (χ3n) is 4.31. The number of fused-ring (bicyclic) bond motifs is 1. The first-order chi connectivity index (χ1) is 13.5. The summed E-state index contributed by atoms with van der Waals surface area (Å²) in [4.78, 5) is 39.6. The third kappa shape index (κ3) is 4.14. The van der Waals surface area contributed by atoms with Crippen LogP contribution in [0.4, 0.5) is 9.80 Å². The zero-order valence-corrected chi connectivity index (χ0v) is 18.4. The molecule has 3 rings (SSSR count). The second kappa shape index (κ2) is 8.91. The Morgan fingerprint density at radius 1 is 1.29 bits per heavy atom. The van der Waals surface area contributed by atoms with Crippen molar-refractivity contribution in [1.82, 2.24) is 4.90 Å². The molecule has 1 aromatic heterocycles. The highest BCUT2D eigenvalue weighted by molar-refractivity contribution is 14.1. The van der Waals surface area contributed by atoms with Crippen LogP contribution < -0.4 is 5.32 Å². The summed E-state index contributed by atoms with van der Waals surface area (Å²) >= 11 is 3.39. The Morgan fingerprint density at radius 2 is 2.04 bits per heavy atom. The van der Waals surface area contributed by atoms with E-state index in [1.807, 2.05) is 12.1 Å². The van der Waals surface area contributed by atoms with Crippen LogP contribution in [-0.4, -0.2) is 43.1 Å². The van der Waals surface area contributed by atoms with Crippen molar-refractivity contribution in [1.29, 1.82) is 0 Å². The van der Waals surface area contributed by atoms with Gasteiger partial charge in [-0.15, -0.1) is 11.3 Å². The largest absolute Gasteiger partial charge is 0.462 e. The van der Waals surface area contributed by atoms with Crippen molar-refractivity contribution in [3.05, 3.63) is 49.4 Å². The maximum Gasteiger partial charge on any atom is 0.409 e. The average Bonchev–Trinajstić information content (AvgIpc) is 3.04. The van der Waals surface area contributed by atoms with E-state index in [-0.39, 0.29) is 12.5 Å². The number of thiophene rings is 1. The lowest BCUT2D eigenvalue weighted by molar-refractivity contribution is 0.0526. The van der Waals surface area contributed by atoms with Crippen LogP contribution in [0.3, 0.4) is 0 Å². The summed E-state index contributed by atoms with van der Waals surface area (Å²) < 4.78 is 10.8. The fourth-order valence-corrected chi connectivity index (χ4v) is 4.89. The van der Waals surface area contributed by atoms with Crippen LogP contribution in [-0.2, 0) is 22.4 Å². The first-order valence-electron chi connectivity index (χ1n) is 8.66. The van der Waals surface area contributed by atoms with Crippen LogP contribution in [0.15, 0.2) is 24.3 Å². The summed E-state index contributed by atoms with van der Waals surface area (Å²) in [6.45, 7) is 2.74. The number of amides is 2. The van der Waals surface area contributed by atoms with E-state index in [1.54, 1.807) is 24.0 Å². The minimum Gasteiger partial charge on any atom is -0.462 e. The molecule has 1 aliphatic rings. The van der Waals surface area contributed by atoms with E-state index in [1.165, 1.54) is 18.4 Å². The van der Waals surface area contributed by atoms with E-state index in [0.29, 0.717) is 35.6 Å². The van der Waals surface area contributed by atoms with Gasteiger partial charge in [-0.05, 0) is 53.6 Å². The number of anilines is 1. The molecule has 7 nitrogen and oxygen atoms in total. The van der Waals surface area contributed by atoms with Gasteiger partial charge in [-0.25, -0.2) is 9.59 Å². The number of ether oxygens (including phenoxy) is 2. The lowest BCUT2D eigenvalue weighted by Gasteiger charge is -2.25. The third-order valence-corrected chi connectivity index (χ3v) is 6.39. The van der Waals surface area contributed by atoms with Crippen LogP contribution in [0, 0.1) is 3.57 Å². The number of hydrogen-bond acceptors (Lipinski definition) is 6. The summed E-state index contributed by atoms with van der Waals surface area (Å²) in [5, 5.41) is 3.31. The van der Waals surface area contributed by atoms with E-state index in [0.717, 1.165) is 14.0 Å². The average molecular weight is 514 g/mol. The lowest BCUT2D eigenvalue weighted by Crippen LogP contribution is -2.35. The Bertz CT molecular complexity index is 927. The summed E-state index contributed by atoms with van der Waals surface area (Å²) in [5.41, 5.74) is 1.73. The number of methoxy groups -OCH3 is 1. The molecule has 0 unspecified atom stereocenters. The Labute approximate surface area is 180 Å². The van der Waals surface area contributed by atoms with Gasteiger partial charge in [-0.2, -0.15) is 0 Å². The molecule has 0 spiro atoms. The molecule has 148 valence electrons. The van der Waals surface area contributed by atoms with Crippen LogP contribution in [0.5, 0.6) is 0 Å². The number of benzene rings is 1. The molecule has 0 atom stereocenters. The molecule has 1 aromatic carbocycles. The highest BCUT2D eigenvalue weighted by atomic mass is 127. The lowest BCUT2D eigenvalue weighted by atomic mass is 10.0. The topological polar surface area (TPSA) is 84.9 Å². The van der Waals surface area contributed by atoms with Crippen molar-refractivity contribution in [3.63, 3.8) is 0 Å². The van der Waals surface area contributed by atoms with E-state index in [4.69, 9.17) is 9.47 Å². The van der Waals surface area contributed by atoms with Gasteiger partial charge in [0, 0.05) is 15.0 Å². The van der Waals surface area contributed by atoms with Gasteiger partial charge in [-0.3, -0.25) is 4.79 Å². The molecular weight excluding hydrogens is 495 g/mol. The number of carbonyl (C=O) groups is 3. The monoisotopic (exact) mass is 514 g/mol. The predicted octanol–water partition coefficient (Wildman–Crippen LogP) is 3.91. The van der Waals surface area contributed by atoms with Crippen LogP contribution in [0.2, 0.25) is 0 Å². The molecular formula is C19H19IN2O5S. The number of hydrogen-bond donors (Lipinski definition) is 1. The molecule has 1 N–H and O–H groups in total. The predicted molar refractivity (Wildman–Crippen MR) is 114 cm³/mol. The minimum atomic E-state index is -0.468. The van der Waals surface area contributed by atoms with E-state index in [9.17, 15) is 14.4 Å². The summed E-state index contributed by atoms with van der Waals surface area (Å²) in [6, 6.07) is 7.22.